The molecule has 0 spiro atoms. The predicted octanol–water partition coefficient (Wildman–Crippen LogP) is 3.75. The van der Waals surface area contributed by atoms with Crippen molar-refractivity contribution in [3.05, 3.63) is 50.2 Å². The van der Waals surface area contributed by atoms with Gasteiger partial charge in [0.15, 0.2) is 6.61 Å². The number of carbonyl (C=O) groups excluding carboxylic acids is 1. The summed E-state index contributed by atoms with van der Waals surface area (Å²) >= 11 is 7.35. The SMILES string of the molecule is Cc1cc(C(=O)N(C)Cc2ccc(Cl)s2)cc(C)c1OCC(=O)O. The van der Waals surface area contributed by atoms with E-state index in [4.69, 9.17) is 21.4 Å². The highest BCUT2D eigenvalue weighted by Gasteiger charge is 2.16. The van der Waals surface area contributed by atoms with E-state index in [9.17, 15) is 9.59 Å². The molecular weight excluding hydrogens is 350 g/mol. The minimum atomic E-state index is -1.04. The number of hydrogen-bond donors (Lipinski definition) is 1. The molecule has 1 N–H and O–H groups in total. The quantitative estimate of drug-likeness (QED) is 0.844. The summed E-state index contributed by atoms with van der Waals surface area (Å²) < 4.78 is 5.98. The first kappa shape index (κ1) is 18.3. The van der Waals surface area contributed by atoms with Crippen LogP contribution in [-0.2, 0) is 11.3 Å². The summed E-state index contributed by atoms with van der Waals surface area (Å²) in [5.74, 6) is -0.652. The Labute approximate surface area is 149 Å². The van der Waals surface area contributed by atoms with E-state index in [0.717, 1.165) is 16.0 Å². The highest BCUT2D eigenvalue weighted by Crippen LogP contribution is 2.26. The Hall–Kier alpha value is -2.05. The fraction of sp³-hybridized carbons (Fsp3) is 0.294. The van der Waals surface area contributed by atoms with Crippen LogP contribution in [-0.4, -0.2) is 35.5 Å². The van der Waals surface area contributed by atoms with Crippen LogP contribution >= 0.6 is 22.9 Å². The molecule has 1 aromatic carbocycles. The molecule has 1 aromatic heterocycles. The number of hydrogen-bond acceptors (Lipinski definition) is 4. The van der Waals surface area contributed by atoms with Crippen molar-refractivity contribution in [3.63, 3.8) is 0 Å². The number of thiophene rings is 1. The molecule has 0 aliphatic rings. The maximum Gasteiger partial charge on any atom is 0.341 e. The number of amides is 1. The molecule has 0 saturated heterocycles. The van der Waals surface area contributed by atoms with Crippen LogP contribution < -0.4 is 4.74 Å². The van der Waals surface area contributed by atoms with Crippen molar-refractivity contribution in [2.45, 2.75) is 20.4 Å². The van der Waals surface area contributed by atoms with Crippen molar-refractivity contribution in [2.75, 3.05) is 13.7 Å². The molecule has 1 amide bonds. The van der Waals surface area contributed by atoms with Crippen LogP contribution in [0.2, 0.25) is 4.34 Å². The van der Waals surface area contributed by atoms with Crippen LogP contribution in [0.4, 0.5) is 0 Å². The van der Waals surface area contributed by atoms with Gasteiger partial charge in [0.2, 0.25) is 0 Å². The van der Waals surface area contributed by atoms with Gasteiger partial charge in [0.05, 0.1) is 10.9 Å². The van der Waals surface area contributed by atoms with Crippen LogP contribution in [0.3, 0.4) is 0 Å². The summed E-state index contributed by atoms with van der Waals surface area (Å²) in [6.07, 6.45) is 0. The first-order valence-electron chi connectivity index (χ1n) is 7.23. The maximum atomic E-state index is 12.6. The third-order valence-corrected chi connectivity index (χ3v) is 4.63. The Kier molecular flexibility index (Phi) is 5.85. The van der Waals surface area contributed by atoms with Gasteiger partial charge in [-0.2, -0.15) is 0 Å². The lowest BCUT2D eigenvalue weighted by Crippen LogP contribution is -2.26. The molecule has 1 heterocycles. The van der Waals surface area contributed by atoms with Crippen molar-refractivity contribution < 1.29 is 19.4 Å². The lowest BCUT2D eigenvalue weighted by Gasteiger charge is -2.18. The molecule has 2 rings (SSSR count). The summed E-state index contributed by atoms with van der Waals surface area (Å²) in [4.78, 5) is 25.9. The van der Waals surface area contributed by atoms with E-state index in [1.165, 1.54) is 11.3 Å². The maximum absolute atomic E-state index is 12.6. The zero-order valence-corrected chi connectivity index (χ0v) is 15.2. The summed E-state index contributed by atoms with van der Waals surface area (Å²) in [5, 5.41) is 8.72. The lowest BCUT2D eigenvalue weighted by atomic mass is 10.0. The average Bonchev–Trinajstić information content (AvgIpc) is 2.90. The second kappa shape index (κ2) is 7.68. The number of aliphatic carboxylic acids is 1. The third kappa shape index (κ3) is 4.49. The van der Waals surface area contributed by atoms with Gasteiger partial charge in [-0.05, 0) is 49.2 Å². The minimum Gasteiger partial charge on any atom is -0.481 e. The minimum absolute atomic E-state index is 0.115. The number of rotatable bonds is 6. The van der Waals surface area contributed by atoms with Gasteiger partial charge in [-0.1, -0.05) is 11.6 Å². The van der Waals surface area contributed by atoms with Gasteiger partial charge in [-0.15, -0.1) is 11.3 Å². The van der Waals surface area contributed by atoms with Gasteiger partial charge in [-0.3, -0.25) is 4.79 Å². The Morgan fingerprint density at radius 3 is 2.38 bits per heavy atom. The van der Waals surface area contributed by atoms with Crippen molar-refractivity contribution in [2.24, 2.45) is 0 Å². The fourth-order valence-corrected chi connectivity index (χ4v) is 3.54. The Morgan fingerprint density at radius 2 is 1.88 bits per heavy atom. The molecule has 0 bridgehead atoms. The number of benzene rings is 1. The van der Waals surface area contributed by atoms with Gasteiger partial charge < -0.3 is 14.7 Å². The van der Waals surface area contributed by atoms with E-state index in [0.29, 0.717) is 22.2 Å². The number of nitrogens with zero attached hydrogens (tertiary/aromatic N) is 1. The summed E-state index contributed by atoms with van der Waals surface area (Å²) in [7, 11) is 1.73. The molecule has 0 aliphatic heterocycles. The van der Waals surface area contributed by atoms with E-state index < -0.39 is 12.6 Å². The van der Waals surface area contributed by atoms with Crippen LogP contribution in [0.1, 0.15) is 26.4 Å². The Balaban J connectivity index is 2.15. The second-order valence-electron chi connectivity index (χ2n) is 5.49. The van der Waals surface area contributed by atoms with E-state index in [1.54, 1.807) is 37.9 Å². The largest absolute Gasteiger partial charge is 0.481 e. The van der Waals surface area contributed by atoms with Crippen LogP contribution in [0.25, 0.3) is 0 Å². The van der Waals surface area contributed by atoms with Gasteiger partial charge in [-0.25, -0.2) is 4.79 Å². The molecule has 24 heavy (non-hydrogen) atoms. The Morgan fingerprint density at radius 1 is 1.25 bits per heavy atom. The van der Waals surface area contributed by atoms with Gasteiger partial charge in [0, 0.05) is 17.5 Å². The van der Waals surface area contributed by atoms with Gasteiger partial charge in [0.25, 0.3) is 5.91 Å². The molecule has 0 radical (unpaired) electrons. The molecular formula is C17H18ClNO4S. The monoisotopic (exact) mass is 367 g/mol. The summed E-state index contributed by atoms with van der Waals surface area (Å²) in [6, 6.07) is 7.13. The van der Waals surface area contributed by atoms with E-state index in [-0.39, 0.29) is 5.91 Å². The smallest absolute Gasteiger partial charge is 0.341 e. The van der Waals surface area contributed by atoms with Crippen LogP contribution in [0.15, 0.2) is 24.3 Å². The predicted molar refractivity (Wildman–Crippen MR) is 94.2 cm³/mol. The highest BCUT2D eigenvalue weighted by atomic mass is 35.5. The molecule has 7 heteroatoms. The van der Waals surface area contributed by atoms with Crippen molar-refractivity contribution in [3.8, 4) is 5.75 Å². The molecule has 0 fully saturated rings. The zero-order chi connectivity index (χ0) is 17.9. The number of carboxylic acids is 1. The lowest BCUT2D eigenvalue weighted by molar-refractivity contribution is -0.139. The number of aryl methyl sites for hydroxylation is 2. The zero-order valence-electron chi connectivity index (χ0n) is 13.6. The van der Waals surface area contributed by atoms with Crippen molar-refractivity contribution in [1.82, 2.24) is 4.90 Å². The highest BCUT2D eigenvalue weighted by molar-refractivity contribution is 7.16. The summed E-state index contributed by atoms with van der Waals surface area (Å²) in [6.45, 7) is 3.65. The van der Waals surface area contributed by atoms with Crippen LogP contribution in [0.5, 0.6) is 5.75 Å². The molecule has 2 aromatic rings. The van der Waals surface area contributed by atoms with Crippen molar-refractivity contribution in [1.29, 1.82) is 0 Å². The first-order valence-corrected chi connectivity index (χ1v) is 8.43. The second-order valence-corrected chi connectivity index (χ2v) is 7.29. The molecule has 0 unspecified atom stereocenters. The molecule has 0 aliphatic carbocycles. The Bertz CT molecular complexity index is 749. The molecule has 5 nitrogen and oxygen atoms in total. The number of halogens is 1. The average molecular weight is 368 g/mol. The van der Waals surface area contributed by atoms with Crippen molar-refractivity contribution >= 4 is 34.8 Å². The van der Waals surface area contributed by atoms with Gasteiger partial charge >= 0.3 is 5.97 Å². The standard InChI is InChI=1S/C17H18ClNO4S/c1-10-6-12(7-11(2)16(10)23-9-15(20)21)17(22)19(3)8-13-4-5-14(18)24-13/h4-7H,8-9H2,1-3H3,(H,20,21). The number of carboxylic acid groups (broad SMARTS) is 1. The summed E-state index contributed by atoms with van der Waals surface area (Å²) in [5.41, 5.74) is 2.00. The van der Waals surface area contributed by atoms with E-state index >= 15 is 0 Å². The van der Waals surface area contributed by atoms with E-state index in [2.05, 4.69) is 0 Å². The number of carbonyl (C=O) groups is 2. The topological polar surface area (TPSA) is 66.8 Å². The number of ether oxygens (including phenoxy) is 1. The first-order chi connectivity index (χ1) is 11.3. The third-order valence-electron chi connectivity index (χ3n) is 3.42. The van der Waals surface area contributed by atoms with Gasteiger partial charge in [0.1, 0.15) is 5.75 Å². The van der Waals surface area contributed by atoms with E-state index in [1.807, 2.05) is 12.1 Å². The van der Waals surface area contributed by atoms with Crippen LogP contribution in [0, 0.1) is 13.8 Å². The fourth-order valence-electron chi connectivity index (χ4n) is 2.40. The molecule has 0 atom stereocenters. The molecule has 0 saturated carbocycles. The molecule has 128 valence electrons. The normalized spacial score (nSPS) is 10.5.